The molecular formula is C13H9N3O3S. The van der Waals surface area contributed by atoms with Crippen molar-refractivity contribution in [3.8, 4) is 0 Å². The number of para-hydroxylation sites is 2. The summed E-state index contributed by atoms with van der Waals surface area (Å²) in [5, 5.41) is 1.07. The predicted molar refractivity (Wildman–Crippen MR) is 71.5 cm³/mol. The Morgan fingerprint density at radius 2 is 2.10 bits per heavy atom. The van der Waals surface area contributed by atoms with Gasteiger partial charge in [-0.2, -0.15) is 0 Å². The number of carbonyl (C=O) groups is 1. The minimum Gasteiger partial charge on any atom is -0.464 e. The molecule has 3 rings (SSSR count). The zero-order valence-electron chi connectivity index (χ0n) is 10.4. The Hall–Kier alpha value is -2.41. The zero-order chi connectivity index (χ0) is 13.9. The Labute approximate surface area is 118 Å². The van der Waals surface area contributed by atoms with E-state index in [0.29, 0.717) is 15.8 Å². The fourth-order valence-corrected chi connectivity index (χ4v) is 2.23. The second-order valence-corrected chi connectivity index (χ2v) is 4.75. The van der Waals surface area contributed by atoms with Gasteiger partial charge in [0.15, 0.2) is 11.3 Å². The molecule has 0 saturated carbocycles. The molecule has 2 heterocycles. The molecule has 0 aliphatic carbocycles. The van der Waals surface area contributed by atoms with Crippen LogP contribution in [0.25, 0.3) is 11.1 Å². The van der Waals surface area contributed by atoms with Crippen LogP contribution in [0.15, 0.2) is 51.3 Å². The zero-order valence-corrected chi connectivity index (χ0v) is 11.3. The summed E-state index contributed by atoms with van der Waals surface area (Å²) in [7, 11) is 1.30. The number of aromatic nitrogens is 3. The molecule has 0 fully saturated rings. The van der Waals surface area contributed by atoms with Crippen LogP contribution in [0.2, 0.25) is 0 Å². The maximum absolute atomic E-state index is 11.2. The van der Waals surface area contributed by atoms with Crippen LogP contribution < -0.4 is 0 Å². The average Bonchev–Trinajstić information content (AvgIpc) is 2.89. The van der Waals surface area contributed by atoms with Crippen LogP contribution in [-0.4, -0.2) is 28.0 Å². The van der Waals surface area contributed by atoms with Crippen LogP contribution in [0.4, 0.5) is 0 Å². The molecule has 0 atom stereocenters. The van der Waals surface area contributed by atoms with Gasteiger partial charge in [0, 0.05) is 0 Å². The topological polar surface area (TPSA) is 78.1 Å². The Balaban J connectivity index is 1.82. The van der Waals surface area contributed by atoms with Crippen molar-refractivity contribution >= 4 is 28.8 Å². The molecule has 0 spiro atoms. The van der Waals surface area contributed by atoms with Crippen molar-refractivity contribution in [2.24, 2.45) is 0 Å². The van der Waals surface area contributed by atoms with Crippen molar-refractivity contribution in [1.29, 1.82) is 0 Å². The Morgan fingerprint density at radius 3 is 2.80 bits per heavy atom. The van der Waals surface area contributed by atoms with E-state index >= 15 is 0 Å². The van der Waals surface area contributed by atoms with E-state index < -0.39 is 5.97 Å². The summed E-state index contributed by atoms with van der Waals surface area (Å²) in [6.45, 7) is 0. The molecule has 1 aromatic carbocycles. The molecule has 0 N–H and O–H groups in total. The third-order valence-electron chi connectivity index (χ3n) is 2.49. The van der Waals surface area contributed by atoms with Gasteiger partial charge < -0.3 is 9.15 Å². The first-order valence-electron chi connectivity index (χ1n) is 5.70. The summed E-state index contributed by atoms with van der Waals surface area (Å²) in [6.07, 6.45) is 2.84. The quantitative estimate of drug-likeness (QED) is 0.685. The second kappa shape index (κ2) is 5.30. The highest BCUT2D eigenvalue weighted by Gasteiger charge is 2.11. The largest absolute Gasteiger partial charge is 0.464 e. The van der Waals surface area contributed by atoms with E-state index in [9.17, 15) is 4.79 Å². The number of oxazole rings is 1. The number of carbonyl (C=O) groups excluding carboxylic acids is 1. The summed E-state index contributed by atoms with van der Waals surface area (Å²) in [6, 6.07) is 7.49. The number of hydrogen-bond donors (Lipinski definition) is 0. The van der Waals surface area contributed by atoms with Crippen LogP contribution in [0.1, 0.15) is 10.5 Å². The average molecular weight is 287 g/mol. The van der Waals surface area contributed by atoms with Crippen LogP contribution >= 0.6 is 11.8 Å². The highest BCUT2D eigenvalue weighted by molar-refractivity contribution is 7.99. The fourth-order valence-electron chi connectivity index (χ4n) is 1.56. The van der Waals surface area contributed by atoms with Gasteiger partial charge in [-0.1, -0.05) is 12.1 Å². The maximum Gasteiger partial charge on any atom is 0.358 e. The van der Waals surface area contributed by atoms with Crippen molar-refractivity contribution in [1.82, 2.24) is 15.0 Å². The lowest BCUT2D eigenvalue weighted by Crippen LogP contribution is -2.04. The minimum absolute atomic E-state index is 0.161. The summed E-state index contributed by atoms with van der Waals surface area (Å²) in [5.74, 6) is -0.518. The van der Waals surface area contributed by atoms with Crippen molar-refractivity contribution in [3.63, 3.8) is 0 Å². The van der Waals surface area contributed by atoms with Crippen LogP contribution in [0.3, 0.4) is 0 Å². The molecule has 7 heteroatoms. The van der Waals surface area contributed by atoms with Gasteiger partial charge in [0.05, 0.1) is 19.5 Å². The lowest BCUT2D eigenvalue weighted by molar-refractivity contribution is 0.0593. The number of esters is 1. The number of methoxy groups -OCH3 is 1. The highest BCUT2D eigenvalue weighted by atomic mass is 32.2. The third-order valence-corrected chi connectivity index (χ3v) is 3.26. The molecule has 0 amide bonds. The maximum atomic E-state index is 11.2. The van der Waals surface area contributed by atoms with Gasteiger partial charge >= 0.3 is 5.97 Å². The van der Waals surface area contributed by atoms with E-state index in [-0.39, 0.29) is 5.69 Å². The molecule has 0 radical (unpaired) electrons. The summed E-state index contributed by atoms with van der Waals surface area (Å²) in [5.41, 5.74) is 1.66. The van der Waals surface area contributed by atoms with Gasteiger partial charge in [0.2, 0.25) is 0 Å². The number of fused-ring (bicyclic) bond motifs is 1. The molecule has 20 heavy (non-hydrogen) atoms. The second-order valence-electron chi connectivity index (χ2n) is 3.78. The fraction of sp³-hybridized carbons (Fsp3) is 0.0769. The Bertz CT molecular complexity index is 722. The van der Waals surface area contributed by atoms with E-state index in [1.165, 1.54) is 31.3 Å². The molecule has 0 unspecified atom stereocenters. The number of benzene rings is 1. The Morgan fingerprint density at radius 1 is 1.25 bits per heavy atom. The van der Waals surface area contributed by atoms with Crippen molar-refractivity contribution in [2.45, 2.75) is 10.2 Å². The van der Waals surface area contributed by atoms with Crippen molar-refractivity contribution in [2.75, 3.05) is 7.11 Å². The smallest absolute Gasteiger partial charge is 0.358 e. The van der Waals surface area contributed by atoms with E-state index in [2.05, 4.69) is 19.7 Å². The van der Waals surface area contributed by atoms with Gasteiger partial charge in [0.25, 0.3) is 5.22 Å². The van der Waals surface area contributed by atoms with E-state index in [4.69, 9.17) is 4.42 Å². The summed E-state index contributed by atoms with van der Waals surface area (Å²) < 4.78 is 10.1. The molecule has 0 saturated heterocycles. The third kappa shape index (κ3) is 2.48. The van der Waals surface area contributed by atoms with E-state index in [0.717, 1.165) is 5.52 Å². The molecule has 0 aliphatic rings. The van der Waals surface area contributed by atoms with Gasteiger partial charge in [-0.3, -0.25) is 0 Å². The van der Waals surface area contributed by atoms with E-state index in [1.54, 1.807) is 0 Å². The molecule has 6 nitrogen and oxygen atoms in total. The first-order chi connectivity index (χ1) is 9.76. The lowest BCUT2D eigenvalue weighted by atomic mass is 10.3. The summed E-state index contributed by atoms with van der Waals surface area (Å²) in [4.78, 5) is 23.6. The molecular weight excluding hydrogens is 278 g/mol. The van der Waals surface area contributed by atoms with Crippen LogP contribution in [0.5, 0.6) is 0 Å². The van der Waals surface area contributed by atoms with Gasteiger partial charge in [-0.05, 0) is 23.9 Å². The lowest BCUT2D eigenvalue weighted by Gasteiger charge is -1.98. The number of ether oxygens (including phenoxy) is 1. The van der Waals surface area contributed by atoms with E-state index in [1.807, 2.05) is 24.3 Å². The number of nitrogens with zero attached hydrogens (tertiary/aromatic N) is 3. The monoisotopic (exact) mass is 287 g/mol. The molecule has 100 valence electrons. The van der Waals surface area contributed by atoms with Gasteiger partial charge in [-0.25, -0.2) is 19.7 Å². The van der Waals surface area contributed by atoms with Crippen molar-refractivity contribution < 1.29 is 13.9 Å². The van der Waals surface area contributed by atoms with Crippen LogP contribution in [-0.2, 0) is 4.74 Å². The molecule has 0 aliphatic heterocycles. The molecule has 0 bridgehead atoms. The predicted octanol–water partition coefficient (Wildman–Crippen LogP) is 2.56. The number of hydrogen-bond acceptors (Lipinski definition) is 7. The molecule has 2 aromatic heterocycles. The first kappa shape index (κ1) is 12.6. The SMILES string of the molecule is COC(=O)c1cnc(Sc2nc3ccccc3o2)cn1. The highest BCUT2D eigenvalue weighted by Crippen LogP contribution is 2.27. The first-order valence-corrected chi connectivity index (χ1v) is 6.52. The van der Waals surface area contributed by atoms with Gasteiger partial charge in [-0.15, -0.1) is 0 Å². The molecule has 3 aromatic rings. The van der Waals surface area contributed by atoms with Gasteiger partial charge in [0.1, 0.15) is 10.5 Å². The number of rotatable bonds is 3. The van der Waals surface area contributed by atoms with Crippen LogP contribution in [0, 0.1) is 0 Å². The Kier molecular flexibility index (Phi) is 3.34. The standard InChI is InChI=1S/C13H9N3O3S/c1-18-12(17)9-6-15-11(7-14-9)20-13-16-8-4-2-3-5-10(8)19-13/h2-7H,1H3. The minimum atomic E-state index is -0.518. The van der Waals surface area contributed by atoms with Crippen molar-refractivity contribution in [3.05, 3.63) is 42.4 Å². The normalized spacial score (nSPS) is 10.7. The summed E-state index contributed by atoms with van der Waals surface area (Å²) >= 11 is 1.24.